The molecule has 1 aromatic carbocycles. The number of carbonyl (C=O) groups is 2. The van der Waals surface area contributed by atoms with Gasteiger partial charge in [-0.1, -0.05) is 26.0 Å². The zero-order valence-electron chi connectivity index (χ0n) is 18.5. The summed E-state index contributed by atoms with van der Waals surface area (Å²) in [6, 6.07) is 7.56. The third kappa shape index (κ3) is 7.04. The lowest BCUT2D eigenvalue weighted by Gasteiger charge is -2.10. The van der Waals surface area contributed by atoms with Crippen LogP contribution in [0.15, 0.2) is 24.3 Å². The number of hydrogen-bond acceptors (Lipinski definition) is 3. The van der Waals surface area contributed by atoms with Crippen molar-refractivity contribution in [2.75, 3.05) is 5.32 Å². The van der Waals surface area contributed by atoms with E-state index >= 15 is 0 Å². The molecule has 0 fully saturated rings. The third-order valence-electron chi connectivity index (χ3n) is 4.72. The van der Waals surface area contributed by atoms with Crippen LogP contribution < -0.4 is 10.6 Å². The first-order valence-electron chi connectivity index (χ1n) is 10.4. The fraction of sp³-hybridized carbons (Fsp3) is 0.522. The number of carbonyl (C=O) groups excluding carboxylic acids is 2. The Balaban J connectivity index is 1.88. The molecule has 0 aliphatic carbocycles. The summed E-state index contributed by atoms with van der Waals surface area (Å²) in [6.45, 7) is 13.2. The van der Waals surface area contributed by atoms with E-state index in [0.717, 1.165) is 34.7 Å². The SMILES string of the molecule is Cc1nn(CC(C)C)c(C)c1CCC(=O)Nc1ccc(CC(=O)NC(C)C)cc1. The standard InChI is InChI=1S/C23H34N4O2/c1-15(2)14-27-18(6)21(17(5)26-27)11-12-22(28)25-20-9-7-19(8-10-20)13-23(29)24-16(3)4/h7-10,15-16H,11-14H2,1-6H3,(H,24,29)(H,25,28). The molecule has 0 radical (unpaired) electrons. The molecule has 0 saturated heterocycles. The zero-order chi connectivity index (χ0) is 21.6. The van der Waals surface area contributed by atoms with Gasteiger partial charge in [0.1, 0.15) is 0 Å². The Hall–Kier alpha value is -2.63. The van der Waals surface area contributed by atoms with Gasteiger partial charge >= 0.3 is 0 Å². The van der Waals surface area contributed by atoms with Crippen molar-refractivity contribution >= 4 is 17.5 Å². The first kappa shape index (κ1) is 22.7. The maximum absolute atomic E-state index is 12.4. The number of amides is 2. The molecule has 158 valence electrons. The van der Waals surface area contributed by atoms with Crippen LogP contribution in [0.1, 0.15) is 56.6 Å². The van der Waals surface area contributed by atoms with Crippen molar-refractivity contribution in [1.82, 2.24) is 15.1 Å². The van der Waals surface area contributed by atoms with Gasteiger partial charge in [-0.15, -0.1) is 0 Å². The predicted octanol–water partition coefficient (Wildman–Crippen LogP) is 3.79. The van der Waals surface area contributed by atoms with E-state index in [-0.39, 0.29) is 17.9 Å². The number of anilines is 1. The van der Waals surface area contributed by atoms with Gasteiger partial charge in [0, 0.05) is 30.4 Å². The van der Waals surface area contributed by atoms with E-state index < -0.39 is 0 Å². The van der Waals surface area contributed by atoms with Crippen molar-refractivity contribution in [3.63, 3.8) is 0 Å². The van der Waals surface area contributed by atoms with Crippen molar-refractivity contribution < 1.29 is 9.59 Å². The average molecular weight is 399 g/mol. The van der Waals surface area contributed by atoms with Gasteiger partial charge in [0.05, 0.1) is 12.1 Å². The van der Waals surface area contributed by atoms with Crippen molar-refractivity contribution in [3.05, 3.63) is 46.8 Å². The van der Waals surface area contributed by atoms with Crippen molar-refractivity contribution in [2.24, 2.45) is 5.92 Å². The Morgan fingerprint density at radius 1 is 1.03 bits per heavy atom. The molecule has 0 atom stereocenters. The van der Waals surface area contributed by atoms with Crippen molar-refractivity contribution in [3.8, 4) is 0 Å². The van der Waals surface area contributed by atoms with Crippen LogP contribution in [-0.4, -0.2) is 27.6 Å². The molecule has 2 amide bonds. The molecule has 2 N–H and O–H groups in total. The van der Waals surface area contributed by atoms with E-state index in [2.05, 4.69) is 36.5 Å². The van der Waals surface area contributed by atoms with Crippen LogP contribution in [0.4, 0.5) is 5.69 Å². The van der Waals surface area contributed by atoms with Crippen LogP contribution in [0.3, 0.4) is 0 Å². The summed E-state index contributed by atoms with van der Waals surface area (Å²) in [5.41, 5.74) is 4.97. The predicted molar refractivity (Wildman–Crippen MR) is 117 cm³/mol. The number of nitrogens with zero attached hydrogens (tertiary/aromatic N) is 2. The Morgan fingerprint density at radius 2 is 1.69 bits per heavy atom. The molecule has 29 heavy (non-hydrogen) atoms. The minimum Gasteiger partial charge on any atom is -0.354 e. The zero-order valence-corrected chi connectivity index (χ0v) is 18.5. The molecule has 2 aromatic rings. The summed E-state index contributed by atoms with van der Waals surface area (Å²) in [6.07, 6.45) is 1.42. The molecule has 0 saturated carbocycles. The Bertz CT molecular complexity index is 835. The summed E-state index contributed by atoms with van der Waals surface area (Å²) < 4.78 is 2.04. The number of hydrogen-bond donors (Lipinski definition) is 2. The van der Waals surface area contributed by atoms with Crippen molar-refractivity contribution in [2.45, 2.75) is 73.4 Å². The second kappa shape index (κ2) is 10.2. The summed E-state index contributed by atoms with van der Waals surface area (Å²) in [5, 5.41) is 10.4. The molecule has 2 rings (SSSR count). The van der Waals surface area contributed by atoms with Gasteiger partial charge in [0.15, 0.2) is 0 Å². The summed E-state index contributed by atoms with van der Waals surface area (Å²) in [5.74, 6) is 0.509. The second-order valence-corrected chi connectivity index (χ2v) is 8.37. The Labute approximate surface area is 174 Å². The Morgan fingerprint density at radius 3 is 2.28 bits per heavy atom. The van der Waals surface area contributed by atoms with E-state index in [4.69, 9.17) is 0 Å². The molecule has 0 aliphatic rings. The molecule has 0 aliphatic heterocycles. The molecule has 6 nitrogen and oxygen atoms in total. The Kier molecular flexibility index (Phi) is 8.00. The van der Waals surface area contributed by atoms with Gasteiger partial charge < -0.3 is 10.6 Å². The van der Waals surface area contributed by atoms with Crippen LogP contribution in [0, 0.1) is 19.8 Å². The van der Waals surface area contributed by atoms with Crippen LogP contribution in [0.5, 0.6) is 0 Å². The van der Waals surface area contributed by atoms with Crippen LogP contribution >= 0.6 is 0 Å². The lowest BCUT2D eigenvalue weighted by molar-refractivity contribution is -0.121. The minimum absolute atomic E-state index is 0.000499. The number of benzene rings is 1. The van der Waals surface area contributed by atoms with E-state index in [1.54, 1.807) is 0 Å². The van der Waals surface area contributed by atoms with Gasteiger partial charge in [-0.25, -0.2) is 0 Å². The van der Waals surface area contributed by atoms with Crippen LogP contribution in [0.2, 0.25) is 0 Å². The lowest BCUT2D eigenvalue weighted by atomic mass is 10.1. The molecule has 1 aromatic heterocycles. The topological polar surface area (TPSA) is 76.0 Å². The van der Waals surface area contributed by atoms with E-state index in [0.29, 0.717) is 25.2 Å². The average Bonchev–Trinajstić information content (AvgIpc) is 2.87. The molecular weight excluding hydrogens is 364 g/mol. The monoisotopic (exact) mass is 398 g/mol. The normalized spacial score (nSPS) is 11.2. The van der Waals surface area contributed by atoms with E-state index in [1.807, 2.05) is 49.7 Å². The second-order valence-electron chi connectivity index (χ2n) is 8.37. The lowest BCUT2D eigenvalue weighted by Crippen LogP contribution is -2.31. The summed E-state index contributed by atoms with van der Waals surface area (Å²) in [4.78, 5) is 24.2. The summed E-state index contributed by atoms with van der Waals surface area (Å²) in [7, 11) is 0. The molecule has 0 spiro atoms. The number of aryl methyl sites for hydroxylation is 1. The first-order chi connectivity index (χ1) is 13.7. The summed E-state index contributed by atoms with van der Waals surface area (Å²) >= 11 is 0. The van der Waals surface area contributed by atoms with Crippen LogP contribution in [-0.2, 0) is 29.0 Å². The molecule has 1 heterocycles. The maximum Gasteiger partial charge on any atom is 0.224 e. The highest BCUT2D eigenvalue weighted by atomic mass is 16.2. The van der Waals surface area contributed by atoms with Crippen LogP contribution in [0.25, 0.3) is 0 Å². The fourth-order valence-corrected chi connectivity index (χ4v) is 3.35. The fourth-order valence-electron chi connectivity index (χ4n) is 3.35. The molecule has 0 unspecified atom stereocenters. The molecular formula is C23H34N4O2. The van der Waals surface area contributed by atoms with E-state index in [1.165, 1.54) is 0 Å². The molecule has 0 bridgehead atoms. The third-order valence-corrected chi connectivity index (χ3v) is 4.72. The quantitative estimate of drug-likeness (QED) is 0.675. The number of rotatable bonds is 9. The van der Waals surface area contributed by atoms with E-state index in [9.17, 15) is 9.59 Å². The maximum atomic E-state index is 12.4. The van der Waals surface area contributed by atoms with Gasteiger partial charge in [-0.2, -0.15) is 5.10 Å². The van der Waals surface area contributed by atoms with Crippen molar-refractivity contribution in [1.29, 1.82) is 0 Å². The highest BCUT2D eigenvalue weighted by molar-refractivity contribution is 5.91. The highest BCUT2D eigenvalue weighted by Crippen LogP contribution is 2.17. The number of aromatic nitrogens is 2. The smallest absolute Gasteiger partial charge is 0.224 e. The van der Waals surface area contributed by atoms with Gasteiger partial charge in [-0.05, 0) is 63.3 Å². The minimum atomic E-state index is -0.0225. The number of nitrogens with one attached hydrogen (secondary N) is 2. The largest absolute Gasteiger partial charge is 0.354 e. The van der Waals surface area contributed by atoms with Gasteiger partial charge in [0.2, 0.25) is 11.8 Å². The van der Waals surface area contributed by atoms with Gasteiger partial charge in [-0.3, -0.25) is 14.3 Å². The van der Waals surface area contributed by atoms with Gasteiger partial charge in [0.25, 0.3) is 0 Å². The highest BCUT2D eigenvalue weighted by Gasteiger charge is 2.14. The first-order valence-corrected chi connectivity index (χ1v) is 10.4. The molecule has 6 heteroatoms.